The Hall–Kier alpha value is -4.34. The van der Waals surface area contributed by atoms with Crippen LogP contribution in [0.3, 0.4) is 0 Å². The Labute approximate surface area is 257 Å². The number of nitrogens with one attached hydrogen (secondary N) is 1. The highest BCUT2D eigenvalue weighted by Gasteiger charge is 2.17. The van der Waals surface area contributed by atoms with Crippen molar-refractivity contribution in [3.8, 4) is 5.75 Å². The number of carbonyl (C=O) groups is 2. The lowest BCUT2D eigenvalue weighted by molar-refractivity contribution is -0.150. The highest BCUT2D eigenvalue weighted by Crippen LogP contribution is 2.23. The fourth-order valence-corrected chi connectivity index (χ4v) is 4.57. The normalized spacial score (nSPS) is 12.4. The van der Waals surface area contributed by atoms with Crippen LogP contribution in [0.1, 0.15) is 31.7 Å². The molecule has 14 nitrogen and oxygen atoms in total. The second kappa shape index (κ2) is 17.7. The maximum Gasteiger partial charge on any atom is 0.333 e. The van der Waals surface area contributed by atoms with Crippen LogP contribution in [0.4, 0.5) is 5.69 Å². The standard InChI is InChI=1S/C23H28N2O6S.C6H14N4O2/c1-3-30-22(23(26)27)15-17-5-7-19(8-6-17)24-12-4-13-25-14-11-18-16-20(9-10-21(18)25)31-32(2,28)29;7-4(5(11)12)2-1-3-10-6(8)9/h5-11,14,16,22,24H,3-4,12-13,15H2,1-2H3,(H,26,27);4H,1-3,7H2,(H,11,12)(H4,8,9,10)/t22-;/m0./s1. The van der Waals surface area contributed by atoms with E-state index in [0.717, 1.165) is 47.9 Å². The molecule has 1 heterocycles. The molecule has 2 atom stereocenters. The van der Waals surface area contributed by atoms with Crippen molar-refractivity contribution in [2.24, 2.45) is 22.2 Å². The summed E-state index contributed by atoms with van der Waals surface area (Å²) in [5.41, 5.74) is 18.2. The summed E-state index contributed by atoms with van der Waals surface area (Å²) in [6.07, 6.45) is 4.35. The van der Waals surface area contributed by atoms with Crippen molar-refractivity contribution in [1.29, 1.82) is 0 Å². The summed E-state index contributed by atoms with van der Waals surface area (Å²) in [6.45, 7) is 4.14. The number of carboxylic acids is 2. The SMILES string of the molecule is CCO[C@@H](Cc1ccc(NCCCn2ccc3cc(OS(C)(=O)=O)ccc32)cc1)C(=O)O.NC(N)=NCCCC(N)C(=O)O. The summed E-state index contributed by atoms with van der Waals surface area (Å²) in [5.74, 6) is -1.64. The topological polar surface area (TPSA) is 235 Å². The number of aryl methyl sites for hydroxylation is 1. The molecule has 3 rings (SSSR count). The Morgan fingerprint density at radius 3 is 2.34 bits per heavy atom. The number of fused-ring (bicyclic) bond motifs is 1. The van der Waals surface area contributed by atoms with E-state index in [1.54, 1.807) is 19.1 Å². The molecule has 0 bridgehead atoms. The van der Waals surface area contributed by atoms with Gasteiger partial charge in [-0.05, 0) is 68.1 Å². The molecule has 9 N–H and O–H groups in total. The fraction of sp³-hybridized carbons (Fsp3) is 0.414. The van der Waals surface area contributed by atoms with Gasteiger partial charge in [-0.2, -0.15) is 8.42 Å². The van der Waals surface area contributed by atoms with E-state index in [2.05, 4.69) is 14.9 Å². The number of nitrogens with two attached hydrogens (primary N) is 3. The van der Waals surface area contributed by atoms with Crippen molar-refractivity contribution in [1.82, 2.24) is 4.57 Å². The summed E-state index contributed by atoms with van der Waals surface area (Å²) >= 11 is 0. The average Bonchev–Trinajstić information content (AvgIpc) is 3.35. The van der Waals surface area contributed by atoms with Gasteiger partial charge >= 0.3 is 22.1 Å². The third kappa shape index (κ3) is 13.3. The number of carboxylic acid groups (broad SMARTS) is 2. The minimum Gasteiger partial charge on any atom is -0.480 e. The van der Waals surface area contributed by atoms with E-state index in [1.165, 1.54) is 0 Å². The van der Waals surface area contributed by atoms with Crippen LogP contribution in [-0.2, 0) is 37.4 Å². The summed E-state index contributed by atoms with van der Waals surface area (Å²) in [7, 11) is -3.55. The predicted molar refractivity (Wildman–Crippen MR) is 169 cm³/mol. The highest BCUT2D eigenvalue weighted by atomic mass is 32.2. The van der Waals surface area contributed by atoms with Gasteiger partial charge in [0.15, 0.2) is 12.1 Å². The van der Waals surface area contributed by atoms with Gasteiger partial charge in [0.25, 0.3) is 0 Å². The number of aliphatic carboxylic acids is 2. The van der Waals surface area contributed by atoms with Crippen molar-refractivity contribution in [3.63, 3.8) is 0 Å². The second-order valence-electron chi connectivity index (χ2n) is 9.87. The molecule has 1 unspecified atom stereocenters. The molecule has 242 valence electrons. The van der Waals surface area contributed by atoms with Crippen LogP contribution in [0.2, 0.25) is 0 Å². The summed E-state index contributed by atoms with van der Waals surface area (Å²) in [4.78, 5) is 25.1. The van der Waals surface area contributed by atoms with Crippen molar-refractivity contribution in [2.45, 2.75) is 51.3 Å². The van der Waals surface area contributed by atoms with Crippen LogP contribution in [0.25, 0.3) is 10.9 Å². The number of aromatic nitrogens is 1. The molecule has 0 aliphatic heterocycles. The molecule has 0 saturated carbocycles. The van der Waals surface area contributed by atoms with Gasteiger partial charge in [0.1, 0.15) is 11.8 Å². The minimum atomic E-state index is -3.55. The zero-order valence-electron chi connectivity index (χ0n) is 24.9. The number of benzene rings is 2. The van der Waals surface area contributed by atoms with Crippen LogP contribution >= 0.6 is 0 Å². The molecule has 15 heteroatoms. The molecule has 0 aliphatic rings. The lowest BCUT2D eigenvalue weighted by Gasteiger charge is -2.13. The quantitative estimate of drug-likeness (QED) is 0.0541. The molecule has 2 aromatic carbocycles. The number of hydrogen-bond acceptors (Lipinski definition) is 9. The Bertz CT molecular complexity index is 1490. The molecule has 3 aromatic rings. The Morgan fingerprint density at radius 2 is 1.75 bits per heavy atom. The molecular weight excluding hydrogens is 592 g/mol. The molecule has 0 aliphatic carbocycles. The van der Waals surface area contributed by atoms with Crippen LogP contribution in [0.15, 0.2) is 59.7 Å². The third-order valence-electron chi connectivity index (χ3n) is 6.20. The van der Waals surface area contributed by atoms with Crippen LogP contribution in [-0.4, -0.2) is 79.2 Å². The number of ether oxygens (including phenoxy) is 1. The van der Waals surface area contributed by atoms with Crippen molar-refractivity contribution in [3.05, 3.63) is 60.3 Å². The Balaban J connectivity index is 0.000000477. The van der Waals surface area contributed by atoms with Crippen molar-refractivity contribution < 1.29 is 37.1 Å². The number of rotatable bonds is 17. The van der Waals surface area contributed by atoms with Gasteiger partial charge in [-0.3, -0.25) is 9.79 Å². The Morgan fingerprint density at radius 1 is 1.05 bits per heavy atom. The first-order valence-corrected chi connectivity index (χ1v) is 15.8. The lowest BCUT2D eigenvalue weighted by Crippen LogP contribution is -2.30. The van der Waals surface area contributed by atoms with E-state index in [0.29, 0.717) is 38.2 Å². The average molecular weight is 635 g/mol. The summed E-state index contributed by atoms with van der Waals surface area (Å²) in [5, 5.41) is 21.9. The van der Waals surface area contributed by atoms with Gasteiger partial charge < -0.3 is 46.2 Å². The fourth-order valence-electron chi connectivity index (χ4n) is 4.12. The maximum atomic E-state index is 11.3. The smallest absolute Gasteiger partial charge is 0.333 e. The predicted octanol–water partition coefficient (Wildman–Crippen LogP) is 1.97. The van der Waals surface area contributed by atoms with E-state index in [-0.39, 0.29) is 5.96 Å². The van der Waals surface area contributed by atoms with Crippen LogP contribution in [0.5, 0.6) is 5.75 Å². The first kappa shape index (κ1) is 35.9. The summed E-state index contributed by atoms with van der Waals surface area (Å²) < 4.78 is 34.9. The minimum absolute atomic E-state index is 0.0129. The molecule has 44 heavy (non-hydrogen) atoms. The van der Waals surface area contributed by atoms with E-state index >= 15 is 0 Å². The van der Waals surface area contributed by atoms with E-state index in [4.69, 9.17) is 31.2 Å². The zero-order valence-corrected chi connectivity index (χ0v) is 25.7. The Kier molecular flexibility index (Phi) is 14.4. The van der Waals surface area contributed by atoms with Gasteiger partial charge in [-0.15, -0.1) is 0 Å². The highest BCUT2D eigenvalue weighted by molar-refractivity contribution is 7.86. The number of nitrogens with zero attached hydrogens (tertiary/aromatic N) is 2. The molecule has 0 fully saturated rings. The first-order valence-electron chi connectivity index (χ1n) is 14.0. The number of guanidine groups is 1. The number of anilines is 1. The van der Waals surface area contributed by atoms with Crippen LogP contribution in [0, 0.1) is 0 Å². The van der Waals surface area contributed by atoms with Gasteiger partial charge in [0, 0.05) is 55.4 Å². The van der Waals surface area contributed by atoms with Gasteiger partial charge in [-0.25, -0.2) is 4.79 Å². The van der Waals surface area contributed by atoms with Gasteiger partial charge in [0.2, 0.25) is 0 Å². The molecule has 1 aromatic heterocycles. The number of hydrogen-bond donors (Lipinski definition) is 6. The molecule has 0 saturated heterocycles. The summed E-state index contributed by atoms with van der Waals surface area (Å²) in [6, 6.07) is 14.0. The van der Waals surface area contributed by atoms with Gasteiger partial charge in [-0.1, -0.05) is 12.1 Å². The third-order valence-corrected chi connectivity index (χ3v) is 6.69. The lowest BCUT2D eigenvalue weighted by atomic mass is 10.1. The largest absolute Gasteiger partial charge is 0.480 e. The van der Waals surface area contributed by atoms with Crippen molar-refractivity contribution in [2.75, 3.05) is 31.3 Å². The second-order valence-corrected chi connectivity index (χ2v) is 11.4. The van der Waals surface area contributed by atoms with E-state index < -0.39 is 34.2 Å². The van der Waals surface area contributed by atoms with E-state index in [1.807, 2.05) is 42.6 Å². The first-order chi connectivity index (χ1) is 20.8. The monoisotopic (exact) mass is 634 g/mol. The van der Waals surface area contributed by atoms with E-state index in [9.17, 15) is 23.1 Å². The van der Waals surface area contributed by atoms with Crippen LogP contribution < -0.4 is 26.7 Å². The van der Waals surface area contributed by atoms with Crippen molar-refractivity contribution >= 4 is 44.6 Å². The molecular formula is C29H42N6O8S. The zero-order chi connectivity index (χ0) is 32.7. The molecule has 0 amide bonds. The van der Waals surface area contributed by atoms with Gasteiger partial charge in [0.05, 0.1) is 6.26 Å². The maximum absolute atomic E-state index is 11.3. The number of aliphatic imine (C=N–C) groups is 1. The molecule has 0 spiro atoms. The molecule has 0 radical (unpaired) electrons.